The lowest BCUT2D eigenvalue weighted by molar-refractivity contribution is 0.0940. The van der Waals surface area contributed by atoms with Gasteiger partial charge in [-0.05, 0) is 85.9 Å². The average Bonchev–Trinajstić information content (AvgIpc) is 3.16. The fourth-order valence-corrected chi connectivity index (χ4v) is 4.67. The maximum absolute atomic E-state index is 12.7. The van der Waals surface area contributed by atoms with Crippen molar-refractivity contribution in [3.05, 3.63) is 70.3 Å². The number of hydrogen-bond acceptors (Lipinski definition) is 2. The van der Waals surface area contributed by atoms with E-state index in [-0.39, 0.29) is 11.9 Å². The Hall–Kier alpha value is -2.13. The molecule has 1 heterocycles. The zero-order valence-electron chi connectivity index (χ0n) is 17.2. The highest BCUT2D eigenvalue weighted by Gasteiger charge is 2.17. The molecule has 2 aliphatic rings. The van der Waals surface area contributed by atoms with Crippen LogP contribution in [0.5, 0.6) is 0 Å². The van der Waals surface area contributed by atoms with Crippen molar-refractivity contribution < 1.29 is 4.79 Å². The van der Waals surface area contributed by atoms with Gasteiger partial charge in [-0.1, -0.05) is 37.3 Å². The molecule has 1 saturated heterocycles. The SMILES string of the molecule is C[C@H]1CCCN(Cc2ccc(C(=O)N[C@H](C)c3ccc4c(c3)CCC4)cc2)C1. The maximum Gasteiger partial charge on any atom is 0.251 e. The number of piperidine rings is 1. The minimum absolute atomic E-state index is 0.00569. The number of carbonyl (C=O) groups is 1. The van der Waals surface area contributed by atoms with E-state index >= 15 is 0 Å². The summed E-state index contributed by atoms with van der Waals surface area (Å²) in [5.41, 5.74) is 6.15. The standard InChI is InChI=1S/C25H32N2O/c1-18-5-4-14-27(16-18)17-20-8-10-22(11-9-20)25(28)26-19(2)23-13-12-21-6-3-7-24(21)15-23/h8-13,15,18-19H,3-7,14,16-17H2,1-2H3,(H,26,28)/t18-,19+/m0/s1. The summed E-state index contributed by atoms with van der Waals surface area (Å²) in [6.45, 7) is 7.76. The van der Waals surface area contributed by atoms with Crippen molar-refractivity contribution >= 4 is 5.91 Å². The number of fused-ring (bicyclic) bond motifs is 1. The summed E-state index contributed by atoms with van der Waals surface area (Å²) in [5, 5.41) is 3.16. The third kappa shape index (κ3) is 4.47. The lowest BCUT2D eigenvalue weighted by Gasteiger charge is -2.30. The van der Waals surface area contributed by atoms with E-state index in [4.69, 9.17) is 0 Å². The molecule has 0 bridgehead atoms. The zero-order valence-corrected chi connectivity index (χ0v) is 17.2. The van der Waals surface area contributed by atoms with Crippen molar-refractivity contribution in [2.75, 3.05) is 13.1 Å². The molecule has 1 N–H and O–H groups in total. The molecule has 0 saturated carbocycles. The van der Waals surface area contributed by atoms with Crippen LogP contribution in [0.3, 0.4) is 0 Å². The molecule has 4 rings (SSSR count). The summed E-state index contributed by atoms with van der Waals surface area (Å²) in [7, 11) is 0. The number of rotatable bonds is 5. The zero-order chi connectivity index (χ0) is 19.5. The lowest BCUT2D eigenvalue weighted by Crippen LogP contribution is -2.33. The summed E-state index contributed by atoms with van der Waals surface area (Å²) < 4.78 is 0. The molecule has 0 radical (unpaired) electrons. The Bertz CT molecular complexity index is 827. The molecule has 0 unspecified atom stereocenters. The number of nitrogens with zero attached hydrogens (tertiary/aromatic N) is 1. The summed E-state index contributed by atoms with van der Waals surface area (Å²) in [4.78, 5) is 15.2. The van der Waals surface area contributed by atoms with E-state index in [1.54, 1.807) is 0 Å². The van der Waals surface area contributed by atoms with Gasteiger partial charge in [-0.2, -0.15) is 0 Å². The molecule has 1 aliphatic heterocycles. The first-order valence-corrected chi connectivity index (χ1v) is 10.8. The van der Waals surface area contributed by atoms with Crippen LogP contribution in [0.1, 0.15) is 71.8 Å². The van der Waals surface area contributed by atoms with Crippen LogP contribution in [0.15, 0.2) is 42.5 Å². The van der Waals surface area contributed by atoms with Gasteiger partial charge >= 0.3 is 0 Å². The highest BCUT2D eigenvalue weighted by molar-refractivity contribution is 5.94. The summed E-state index contributed by atoms with van der Waals surface area (Å²) in [6.07, 6.45) is 6.25. The molecular formula is C25H32N2O. The number of hydrogen-bond donors (Lipinski definition) is 1. The first-order valence-electron chi connectivity index (χ1n) is 10.8. The number of carbonyl (C=O) groups excluding carboxylic acids is 1. The average molecular weight is 377 g/mol. The highest BCUT2D eigenvalue weighted by Crippen LogP contribution is 2.25. The van der Waals surface area contributed by atoms with Gasteiger partial charge in [-0.15, -0.1) is 0 Å². The molecule has 1 aliphatic carbocycles. The first kappa shape index (κ1) is 19.2. The topological polar surface area (TPSA) is 32.3 Å². The second-order valence-corrected chi connectivity index (χ2v) is 8.76. The van der Waals surface area contributed by atoms with Crippen molar-refractivity contribution in [1.82, 2.24) is 10.2 Å². The molecule has 0 aromatic heterocycles. The smallest absolute Gasteiger partial charge is 0.251 e. The van der Waals surface area contributed by atoms with Crippen LogP contribution in [-0.4, -0.2) is 23.9 Å². The van der Waals surface area contributed by atoms with Gasteiger partial charge < -0.3 is 5.32 Å². The van der Waals surface area contributed by atoms with Crippen LogP contribution in [0.4, 0.5) is 0 Å². The van der Waals surface area contributed by atoms with E-state index in [1.807, 2.05) is 12.1 Å². The van der Waals surface area contributed by atoms with Crippen LogP contribution in [0, 0.1) is 5.92 Å². The monoisotopic (exact) mass is 376 g/mol. The highest BCUT2D eigenvalue weighted by atomic mass is 16.1. The Labute approximate surface area is 169 Å². The Morgan fingerprint density at radius 1 is 1.11 bits per heavy atom. The van der Waals surface area contributed by atoms with Crippen molar-refractivity contribution in [1.29, 1.82) is 0 Å². The summed E-state index contributed by atoms with van der Waals surface area (Å²) >= 11 is 0. The van der Waals surface area contributed by atoms with Crippen LogP contribution in [0.2, 0.25) is 0 Å². The molecule has 3 heteroatoms. The van der Waals surface area contributed by atoms with Crippen molar-refractivity contribution in [3.8, 4) is 0 Å². The first-order chi connectivity index (χ1) is 13.6. The third-order valence-corrected chi connectivity index (χ3v) is 6.33. The number of amides is 1. The Balaban J connectivity index is 1.35. The lowest BCUT2D eigenvalue weighted by atomic mass is 9.99. The fourth-order valence-electron chi connectivity index (χ4n) is 4.67. The molecule has 2 aromatic carbocycles. The molecular weight excluding hydrogens is 344 g/mol. The van der Waals surface area contributed by atoms with Gasteiger partial charge in [0.15, 0.2) is 0 Å². The Morgan fingerprint density at radius 3 is 2.68 bits per heavy atom. The fraction of sp³-hybridized carbons (Fsp3) is 0.480. The van der Waals surface area contributed by atoms with Crippen LogP contribution in [0.25, 0.3) is 0 Å². The number of nitrogens with one attached hydrogen (secondary N) is 1. The molecule has 2 atom stereocenters. The van der Waals surface area contributed by atoms with E-state index in [9.17, 15) is 4.79 Å². The van der Waals surface area contributed by atoms with Crippen molar-refractivity contribution in [2.24, 2.45) is 5.92 Å². The number of likely N-dealkylation sites (tertiary alicyclic amines) is 1. The molecule has 1 amide bonds. The molecule has 148 valence electrons. The largest absolute Gasteiger partial charge is 0.346 e. The molecule has 28 heavy (non-hydrogen) atoms. The summed E-state index contributed by atoms with van der Waals surface area (Å²) in [5.74, 6) is 0.797. The normalized spacial score (nSPS) is 20.6. The van der Waals surface area contributed by atoms with E-state index in [0.717, 1.165) is 18.0 Å². The minimum atomic E-state index is 0.00569. The van der Waals surface area contributed by atoms with Gasteiger partial charge in [0.2, 0.25) is 0 Å². The quantitative estimate of drug-likeness (QED) is 0.805. The Kier molecular flexibility index (Phi) is 5.82. The van der Waals surface area contributed by atoms with E-state index in [0.29, 0.717) is 0 Å². The van der Waals surface area contributed by atoms with Gasteiger partial charge in [0.05, 0.1) is 6.04 Å². The van der Waals surface area contributed by atoms with Gasteiger partial charge in [0.1, 0.15) is 0 Å². The number of aryl methyl sites for hydroxylation is 2. The molecule has 0 spiro atoms. The van der Waals surface area contributed by atoms with Crippen LogP contribution < -0.4 is 5.32 Å². The second-order valence-electron chi connectivity index (χ2n) is 8.76. The third-order valence-electron chi connectivity index (χ3n) is 6.33. The Morgan fingerprint density at radius 2 is 1.89 bits per heavy atom. The predicted octanol–water partition coefficient (Wildman–Crippen LogP) is 4.90. The van der Waals surface area contributed by atoms with Gasteiger partial charge in [0, 0.05) is 18.7 Å². The van der Waals surface area contributed by atoms with Crippen molar-refractivity contribution in [2.45, 2.75) is 58.5 Å². The maximum atomic E-state index is 12.7. The van der Waals surface area contributed by atoms with Crippen LogP contribution in [-0.2, 0) is 19.4 Å². The number of benzene rings is 2. The van der Waals surface area contributed by atoms with Crippen molar-refractivity contribution in [3.63, 3.8) is 0 Å². The van der Waals surface area contributed by atoms with Gasteiger partial charge in [0.25, 0.3) is 5.91 Å². The van der Waals surface area contributed by atoms with Gasteiger partial charge in [-0.25, -0.2) is 0 Å². The summed E-state index contributed by atoms with van der Waals surface area (Å²) in [6, 6.07) is 14.8. The predicted molar refractivity (Wildman–Crippen MR) is 114 cm³/mol. The molecule has 2 aromatic rings. The van der Waals surface area contributed by atoms with E-state index in [1.165, 1.54) is 67.4 Å². The molecule has 3 nitrogen and oxygen atoms in total. The molecule has 1 fully saturated rings. The van der Waals surface area contributed by atoms with E-state index in [2.05, 4.69) is 54.4 Å². The minimum Gasteiger partial charge on any atom is -0.346 e. The van der Waals surface area contributed by atoms with Gasteiger partial charge in [-0.3, -0.25) is 9.69 Å². The van der Waals surface area contributed by atoms with E-state index < -0.39 is 0 Å². The second kappa shape index (κ2) is 8.48. The van der Waals surface area contributed by atoms with Crippen LogP contribution >= 0.6 is 0 Å².